The second-order valence-electron chi connectivity index (χ2n) is 4.78. The first-order chi connectivity index (χ1) is 9.54. The van der Waals surface area contributed by atoms with Gasteiger partial charge >= 0.3 is 0 Å². The molecule has 20 heavy (non-hydrogen) atoms. The number of rotatable bonds is 9. The molecule has 1 atom stereocenters. The predicted octanol–water partition coefficient (Wildman–Crippen LogP) is 1.37. The molecule has 1 aromatic heterocycles. The minimum absolute atomic E-state index is 0.160. The summed E-state index contributed by atoms with van der Waals surface area (Å²) in [6.45, 7) is 4.46. The largest absolute Gasteiger partial charge is 0.354 e. The van der Waals surface area contributed by atoms with Crippen LogP contribution in [0.4, 0.5) is 0 Å². The summed E-state index contributed by atoms with van der Waals surface area (Å²) in [5, 5.41) is 8.31. The fourth-order valence-electron chi connectivity index (χ4n) is 2.06. The first-order valence-electron chi connectivity index (χ1n) is 6.70. The third kappa shape index (κ3) is 4.43. The second kappa shape index (κ2) is 8.59. The zero-order valence-electron chi connectivity index (χ0n) is 12.9. The predicted molar refractivity (Wildman–Crippen MR) is 80.0 cm³/mol. The lowest BCUT2D eigenvalue weighted by atomic mass is 10.2. The van der Waals surface area contributed by atoms with Crippen molar-refractivity contribution in [2.45, 2.75) is 25.8 Å². The molecule has 0 fully saturated rings. The van der Waals surface area contributed by atoms with Gasteiger partial charge in [-0.2, -0.15) is 5.10 Å². The lowest BCUT2D eigenvalue weighted by Crippen LogP contribution is -2.36. The van der Waals surface area contributed by atoms with E-state index in [0.29, 0.717) is 5.02 Å². The van der Waals surface area contributed by atoms with E-state index in [1.54, 1.807) is 20.4 Å². The van der Waals surface area contributed by atoms with E-state index in [4.69, 9.17) is 21.1 Å². The molecule has 0 aliphatic rings. The van der Waals surface area contributed by atoms with Gasteiger partial charge in [0.1, 0.15) is 6.04 Å². The van der Waals surface area contributed by atoms with Crippen LogP contribution in [0.2, 0.25) is 5.02 Å². The van der Waals surface area contributed by atoms with Gasteiger partial charge in [-0.25, -0.2) is 0 Å². The van der Waals surface area contributed by atoms with Crippen molar-refractivity contribution in [3.8, 4) is 0 Å². The molecule has 1 heterocycles. The van der Waals surface area contributed by atoms with E-state index in [2.05, 4.69) is 15.3 Å². The van der Waals surface area contributed by atoms with E-state index in [1.807, 2.05) is 25.7 Å². The molecule has 0 amide bonds. The average molecular weight is 305 g/mol. The van der Waals surface area contributed by atoms with Gasteiger partial charge in [-0.15, -0.1) is 0 Å². The highest BCUT2D eigenvalue weighted by molar-refractivity contribution is 6.31. The average Bonchev–Trinajstić information content (AvgIpc) is 2.77. The van der Waals surface area contributed by atoms with Crippen LogP contribution in [0.3, 0.4) is 0 Å². The minimum Gasteiger partial charge on any atom is -0.354 e. The van der Waals surface area contributed by atoms with Crippen molar-refractivity contribution < 1.29 is 9.47 Å². The number of hydrogen-bond donors (Lipinski definition) is 1. The summed E-state index contributed by atoms with van der Waals surface area (Å²) in [7, 11) is 7.29. The summed E-state index contributed by atoms with van der Waals surface area (Å²) in [6.07, 6.45) is 1.25. The summed E-state index contributed by atoms with van der Waals surface area (Å²) >= 11 is 6.30. The molecule has 0 saturated carbocycles. The maximum atomic E-state index is 6.30. The Morgan fingerprint density at radius 3 is 2.55 bits per heavy atom. The Morgan fingerprint density at radius 1 is 1.40 bits per heavy atom. The van der Waals surface area contributed by atoms with Crippen LogP contribution in [0.5, 0.6) is 0 Å². The van der Waals surface area contributed by atoms with Crippen molar-refractivity contribution in [2.75, 3.05) is 41.4 Å². The Hall–Kier alpha value is -0.660. The Bertz CT molecular complexity index is 394. The first-order valence-corrected chi connectivity index (χ1v) is 7.07. The summed E-state index contributed by atoms with van der Waals surface area (Å²) in [4.78, 5) is 2.10. The van der Waals surface area contributed by atoms with E-state index >= 15 is 0 Å². The molecule has 0 aliphatic heterocycles. The topological polar surface area (TPSA) is 51.6 Å². The number of likely N-dealkylation sites (N-methyl/N-ethyl adjacent to an activating group) is 2. The molecule has 7 heteroatoms. The quantitative estimate of drug-likeness (QED) is 0.698. The lowest BCUT2D eigenvalue weighted by molar-refractivity contribution is -0.125. The minimum atomic E-state index is -0.415. The van der Waals surface area contributed by atoms with E-state index in [0.717, 1.165) is 25.3 Å². The van der Waals surface area contributed by atoms with Crippen molar-refractivity contribution >= 4 is 11.6 Å². The van der Waals surface area contributed by atoms with E-state index in [1.165, 1.54) is 0 Å². The van der Waals surface area contributed by atoms with Crippen LogP contribution in [0.25, 0.3) is 0 Å². The van der Waals surface area contributed by atoms with Crippen LogP contribution in [-0.2, 0) is 16.0 Å². The summed E-state index contributed by atoms with van der Waals surface area (Å²) in [5.41, 5.74) is 0.893. The highest BCUT2D eigenvalue weighted by Gasteiger charge is 2.28. The van der Waals surface area contributed by atoms with Crippen LogP contribution in [0, 0.1) is 0 Å². The molecule has 1 rings (SSSR count). The molecular formula is C13H25ClN4O2. The SMILES string of the molecule is CCNC(c1c(Cl)cnn1CCN(C)C)C(OC)OC. The van der Waals surface area contributed by atoms with Crippen molar-refractivity contribution in [3.05, 3.63) is 16.9 Å². The highest BCUT2D eigenvalue weighted by atomic mass is 35.5. The molecule has 1 N–H and O–H groups in total. The number of methoxy groups -OCH3 is 2. The zero-order valence-corrected chi connectivity index (χ0v) is 13.6. The van der Waals surface area contributed by atoms with Crippen LogP contribution >= 0.6 is 11.6 Å². The van der Waals surface area contributed by atoms with E-state index in [-0.39, 0.29) is 6.04 Å². The monoisotopic (exact) mass is 304 g/mol. The van der Waals surface area contributed by atoms with Crippen molar-refractivity contribution in [3.63, 3.8) is 0 Å². The zero-order chi connectivity index (χ0) is 15.1. The lowest BCUT2D eigenvalue weighted by Gasteiger charge is -2.26. The molecular weight excluding hydrogens is 280 g/mol. The van der Waals surface area contributed by atoms with Gasteiger partial charge in [0.05, 0.1) is 23.5 Å². The Morgan fingerprint density at radius 2 is 2.05 bits per heavy atom. The summed E-state index contributed by atoms with van der Waals surface area (Å²) in [5.74, 6) is 0. The van der Waals surface area contributed by atoms with Gasteiger partial charge in [0.15, 0.2) is 6.29 Å². The number of ether oxygens (including phenoxy) is 2. The van der Waals surface area contributed by atoms with Gasteiger partial charge in [-0.3, -0.25) is 4.68 Å². The van der Waals surface area contributed by atoms with Crippen molar-refractivity contribution in [1.29, 1.82) is 0 Å². The molecule has 1 unspecified atom stereocenters. The van der Waals surface area contributed by atoms with Crippen molar-refractivity contribution in [1.82, 2.24) is 20.0 Å². The fourth-order valence-corrected chi connectivity index (χ4v) is 2.32. The molecule has 0 radical (unpaired) electrons. The molecule has 0 spiro atoms. The Kier molecular flexibility index (Phi) is 7.47. The van der Waals surface area contributed by atoms with E-state index < -0.39 is 6.29 Å². The first kappa shape index (κ1) is 17.4. The summed E-state index contributed by atoms with van der Waals surface area (Å²) < 4.78 is 12.7. The molecule has 6 nitrogen and oxygen atoms in total. The number of hydrogen-bond acceptors (Lipinski definition) is 5. The van der Waals surface area contributed by atoms with E-state index in [9.17, 15) is 0 Å². The third-order valence-corrected chi connectivity index (χ3v) is 3.34. The van der Waals surface area contributed by atoms with Crippen LogP contribution in [0.15, 0.2) is 6.20 Å². The number of aromatic nitrogens is 2. The van der Waals surface area contributed by atoms with Gasteiger partial charge in [-0.1, -0.05) is 18.5 Å². The molecule has 0 saturated heterocycles. The standard InChI is InChI=1S/C13H25ClN4O2/c1-6-15-11(13(19-4)20-5)12-10(14)9-16-18(12)8-7-17(2)3/h9,11,13,15H,6-8H2,1-5H3. The normalized spacial score (nSPS) is 13.4. The highest BCUT2D eigenvalue weighted by Crippen LogP contribution is 2.27. The second-order valence-corrected chi connectivity index (χ2v) is 5.19. The summed E-state index contributed by atoms with van der Waals surface area (Å²) in [6, 6.07) is -0.160. The van der Waals surface area contributed by atoms with Crippen LogP contribution < -0.4 is 5.32 Å². The maximum absolute atomic E-state index is 6.30. The molecule has 1 aromatic rings. The Balaban J connectivity index is 3.02. The Labute approximate surface area is 126 Å². The molecule has 0 aromatic carbocycles. The van der Waals surface area contributed by atoms with Crippen LogP contribution in [0.1, 0.15) is 18.7 Å². The van der Waals surface area contributed by atoms with Crippen LogP contribution in [-0.4, -0.2) is 62.4 Å². The fraction of sp³-hybridized carbons (Fsp3) is 0.769. The van der Waals surface area contributed by atoms with Gasteiger partial charge in [0, 0.05) is 20.8 Å². The smallest absolute Gasteiger partial charge is 0.177 e. The van der Waals surface area contributed by atoms with Gasteiger partial charge in [0.25, 0.3) is 0 Å². The number of halogens is 1. The third-order valence-electron chi connectivity index (χ3n) is 3.05. The van der Waals surface area contributed by atoms with Gasteiger partial charge < -0.3 is 19.7 Å². The maximum Gasteiger partial charge on any atom is 0.177 e. The van der Waals surface area contributed by atoms with Gasteiger partial charge in [-0.05, 0) is 20.6 Å². The number of nitrogens with zero attached hydrogens (tertiary/aromatic N) is 3. The van der Waals surface area contributed by atoms with Gasteiger partial charge in [0.2, 0.25) is 0 Å². The number of nitrogens with one attached hydrogen (secondary N) is 1. The molecule has 0 aliphatic carbocycles. The molecule has 116 valence electrons. The van der Waals surface area contributed by atoms with Crippen molar-refractivity contribution in [2.24, 2.45) is 0 Å². The molecule has 0 bridgehead atoms.